The molecule has 1 aliphatic rings. The summed E-state index contributed by atoms with van der Waals surface area (Å²) in [6.45, 7) is 3.67. The van der Waals surface area contributed by atoms with Crippen LogP contribution in [0.25, 0.3) is 0 Å². The third-order valence-corrected chi connectivity index (χ3v) is 4.44. The molecule has 6 heteroatoms. The number of hydrogen-bond donors (Lipinski definition) is 0. The third-order valence-electron chi connectivity index (χ3n) is 2.56. The predicted molar refractivity (Wildman–Crippen MR) is 74.8 cm³/mol. The average molecular weight is 336 g/mol. The lowest BCUT2D eigenvalue weighted by Gasteiger charge is -2.30. The van der Waals surface area contributed by atoms with Gasteiger partial charge in [0.1, 0.15) is 5.15 Å². The molecule has 1 aliphatic heterocycles. The van der Waals surface area contributed by atoms with Gasteiger partial charge in [-0.05, 0) is 22.0 Å². The van der Waals surface area contributed by atoms with Crippen LogP contribution >= 0.6 is 39.3 Å². The van der Waals surface area contributed by atoms with Crippen molar-refractivity contribution in [2.75, 3.05) is 18.8 Å². The number of carbonyl (C=O) groups excluding carboxylic acids is 1. The zero-order valence-electron chi connectivity index (χ0n) is 9.32. The number of halogens is 2. The smallest absolute Gasteiger partial charge is 0.257 e. The highest BCUT2D eigenvalue weighted by atomic mass is 79.9. The van der Waals surface area contributed by atoms with E-state index in [9.17, 15) is 4.79 Å². The van der Waals surface area contributed by atoms with E-state index in [1.807, 2.05) is 16.7 Å². The van der Waals surface area contributed by atoms with Gasteiger partial charge in [0.15, 0.2) is 0 Å². The van der Waals surface area contributed by atoms with Crippen LogP contribution in [0.4, 0.5) is 0 Å². The van der Waals surface area contributed by atoms with Crippen LogP contribution in [0.15, 0.2) is 16.7 Å². The maximum absolute atomic E-state index is 12.3. The highest BCUT2D eigenvalue weighted by molar-refractivity contribution is 9.10. The summed E-state index contributed by atoms with van der Waals surface area (Å²) in [5.41, 5.74) is 0.472. The quantitative estimate of drug-likeness (QED) is 0.740. The van der Waals surface area contributed by atoms with E-state index in [0.29, 0.717) is 10.8 Å². The first-order chi connectivity index (χ1) is 8.08. The van der Waals surface area contributed by atoms with Crippen molar-refractivity contribution in [3.05, 3.63) is 27.5 Å². The molecule has 1 fully saturated rings. The van der Waals surface area contributed by atoms with Gasteiger partial charge in [-0.25, -0.2) is 4.98 Å². The van der Waals surface area contributed by atoms with Gasteiger partial charge in [-0.3, -0.25) is 4.79 Å². The molecule has 0 radical (unpaired) electrons. The van der Waals surface area contributed by atoms with E-state index < -0.39 is 0 Å². The molecule has 92 valence electrons. The van der Waals surface area contributed by atoms with Crippen LogP contribution in [-0.4, -0.2) is 39.9 Å². The number of aromatic nitrogens is 1. The minimum absolute atomic E-state index is 0.0315. The van der Waals surface area contributed by atoms with E-state index in [1.54, 1.807) is 12.3 Å². The summed E-state index contributed by atoms with van der Waals surface area (Å²) in [6.07, 6.45) is 1.59. The lowest BCUT2D eigenvalue weighted by atomic mass is 10.2. The van der Waals surface area contributed by atoms with Crippen LogP contribution in [0.2, 0.25) is 5.15 Å². The first-order valence-corrected chi connectivity index (χ1v) is 7.52. The van der Waals surface area contributed by atoms with Crippen molar-refractivity contribution in [3.63, 3.8) is 0 Å². The number of hydrogen-bond acceptors (Lipinski definition) is 3. The second-order valence-electron chi connectivity index (χ2n) is 3.92. The normalized spacial score (nSPS) is 20.4. The fraction of sp³-hybridized carbons (Fsp3) is 0.455. The molecule has 1 atom stereocenters. The lowest BCUT2D eigenvalue weighted by Crippen LogP contribution is -2.41. The summed E-state index contributed by atoms with van der Waals surface area (Å²) in [5, 5.41) is 0.746. The molecule has 3 nitrogen and oxygen atoms in total. The van der Waals surface area contributed by atoms with E-state index >= 15 is 0 Å². The summed E-state index contributed by atoms with van der Waals surface area (Å²) < 4.78 is 0.768. The summed E-state index contributed by atoms with van der Waals surface area (Å²) in [4.78, 5) is 18.1. The maximum atomic E-state index is 12.3. The summed E-state index contributed by atoms with van der Waals surface area (Å²) in [6, 6.07) is 1.73. The Morgan fingerprint density at radius 3 is 3.18 bits per heavy atom. The predicted octanol–water partition coefficient (Wildman–Crippen LogP) is 3.08. The fourth-order valence-corrected chi connectivity index (χ4v) is 3.27. The van der Waals surface area contributed by atoms with Gasteiger partial charge >= 0.3 is 0 Å². The topological polar surface area (TPSA) is 33.2 Å². The molecule has 1 unspecified atom stereocenters. The fourth-order valence-electron chi connectivity index (χ4n) is 1.75. The maximum Gasteiger partial charge on any atom is 0.257 e. The Hall–Kier alpha value is -0.260. The minimum Gasteiger partial charge on any atom is -0.337 e. The van der Waals surface area contributed by atoms with Crippen LogP contribution in [0, 0.1) is 0 Å². The van der Waals surface area contributed by atoms with Crippen molar-refractivity contribution in [3.8, 4) is 0 Å². The monoisotopic (exact) mass is 334 g/mol. The van der Waals surface area contributed by atoms with Crippen molar-refractivity contribution < 1.29 is 4.79 Å². The standard InChI is InChI=1S/C11H12BrClN2OS/c1-7-6-15(2-3-17-7)11(16)9-4-8(12)5-14-10(9)13/h4-5,7H,2-3,6H2,1H3. The van der Waals surface area contributed by atoms with E-state index in [-0.39, 0.29) is 11.1 Å². The molecular weight excluding hydrogens is 324 g/mol. The molecule has 0 N–H and O–H groups in total. The minimum atomic E-state index is -0.0315. The second kappa shape index (κ2) is 5.59. The Bertz CT molecular complexity index is 443. The molecule has 1 amide bonds. The lowest BCUT2D eigenvalue weighted by molar-refractivity contribution is 0.0763. The number of rotatable bonds is 1. The zero-order valence-corrected chi connectivity index (χ0v) is 12.5. The molecule has 2 rings (SSSR count). The van der Waals surface area contributed by atoms with Crippen LogP contribution in [0.5, 0.6) is 0 Å². The Labute approximate surface area is 118 Å². The van der Waals surface area contributed by atoms with Crippen molar-refractivity contribution in [1.82, 2.24) is 9.88 Å². The number of pyridine rings is 1. The van der Waals surface area contributed by atoms with Gasteiger partial charge in [0.25, 0.3) is 5.91 Å². The molecule has 0 aliphatic carbocycles. The van der Waals surface area contributed by atoms with E-state index in [0.717, 1.165) is 23.3 Å². The van der Waals surface area contributed by atoms with Gasteiger partial charge in [0, 0.05) is 34.8 Å². The number of carbonyl (C=O) groups is 1. The van der Waals surface area contributed by atoms with E-state index in [2.05, 4.69) is 27.8 Å². The van der Waals surface area contributed by atoms with Crippen molar-refractivity contribution >= 4 is 45.2 Å². The summed E-state index contributed by atoms with van der Waals surface area (Å²) in [7, 11) is 0. The van der Waals surface area contributed by atoms with Gasteiger partial charge in [-0.15, -0.1) is 0 Å². The average Bonchev–Trinajstić information content (AvgIpc) is 2.31. The number of thioether (sulfide) groups is 1. The first-order valence-electron chi connectivity index (χ1n) is 5.30. The zero-order chi connectivity index (χ0) is 12.4. The Balaban J connectivity index is 2.21. The molecular formula is C11H12BrClN2OS. The Morgan fingerprint density at radius 2 is 2.47 bits per heavy atom. The van der Waals surface area contributed by atoms with Gasteiger partial charge in [0.2, 0.25) is 0 Å². The van der Waals surface area contributed by atoms with Gasteiger partial charge in [-0.1, -0.05) is 18.5 Å². The third kappa shape index (κ3) is 3.14. The second-order valence-corrected chi connectivity index (χ2v) is 6.74. The number of nitrogens with zero attached hydrogens (tertiary/aromatic N) is 2. The molecule has 2 heterocycles. The number of amides is 1. The molecule has 0 spiro atoms. The van der Waals surface area contributed by atoms with Crippen LogP contribution in [0.1, 0.15) is 17.3 Å². The van der Waals surface area contributed by atoms with Crippen LogP contribution < -0.4 is 0 Å². The van der Waals surface area contributed by atoms with Crippen LogP contribution in [-0.2, 0) is 0 Å². The van der Waals surface area contributed by atoms with E-state index in [4.69, 9.17) is 11.6 Å². The highest BCUT2D eigenvalue weighted by Gasteiger charge is 2.24. The molecule has 0 aromatic carbocycles. The molecule has 1 aromatic heterocycles. The van der Waals surface area contributed by atoms with E-state index in [1.165, 1.54) is 0 Å². The SMILES string of the molecule is CC1CN(C(=O)c2cc(Br)cnc2Cl)CCS1. The molecule has 0 bridgehead atoms. The summed E-state index contributed by atoms with van der Waals surface area (Å²) in [5.74, 6) is 0.947. The van der Waals surface area contributed by atoms with Crippen LogP contribution in [0.3, 0.4) is 0 Å². The van der Waals surface area contributed by atoms with Crippen molar-refractivity contribution in [1.29, 1.82) is 0 Å². The summed E-state index contributed by atoms with van der Waals surface area (Å²) >= 11 is 11.2. The molecule has 17 heavy (non-hydrogen) atoms. The van der Waals surface area contributed by atoms with Crippen molar-refractivity contribution in [2.45, 2.75) is 12.2 Å². The van der Waals surface area contributed by atoms with Crippen molar-refractivity contribution in [2.24, 2.45) is 0 Å². The van der Waals surface area contributed by atoms with Gasteiger partial charge in [-0.2, -0.15) is 11.8 Å². The Morgan fingerprint density at radius 1 is 1.71 bits per heavy atom. The van der Waals surface area contributed by atoms with Gasteiger partial charge < -0.3 is 4.90 Å². The molecule has 1 saturated heterocycles. The molecule has 1 aromatic rings. The largest absolute Gasteiger partial charge is 0.337 e. The Kier molecular flexibility index (Phi) is 4.33. The first kappa shape index (κ1) is 13.2. The molecule has 0 saturated carbocycles. The highest BCUT2D eigenvalue weighted by Crippen LogP contribution is 2.23. The van der Waals surface area contributed by atoms with Gasteiger partial charge in [0.05, 0.1) is 5.56 Å².